The molecule has 0 bridgehead atoms. The van der Waals surface area contributed by atoms with E-state index in [-0.39, 0.29) is 40.2 Å². The molecule has 2 aliphatic rings. The molecule has 278 valence electrons. The molecule has 0 amide bonds. The smallest absolute Gasteiger partial charge is 0.261 e. The van der Waals surface area contributed by atoms with Crippen LogP contribution in [0.25, 0.3) is 0 Å². The fourth-order valence-electron chi connectivity index (χ4n) is 7.34. The minimum absolute atomic E-state index is 0.0696. The first kappa shape index (κ1) is 41.2. The second-order valence-corrected chi connectivity index (χ2v) is 30.3. The highest BCUT2D eigenvalue weighted by Crippen LogP contribution is 2.58. The number of fused-ring (bicyclic) bond motifs is 1. The zero-order valence-corrected chi connectivity index (χ0v) is 36.4. The zero-order chi connectivity index (χ0) is 37.1. The first-order valence-corrected chi connectivity index (χ1v) is 26.8. The molecule has 2 fully saturated rings. The third kappa shape index (κ3) is 9.52. The summed E-state index contributed by atoms with van der Waals surface area (Å²) in [6.07, 6.45) is 11.2. The molecule has 0 spiro atoms. The fraction of sp³-hybridized carbons (Fsp3) is 0.628. The molecule has 2 aromatic rings. The van der Waals surface area contributed by atoms with E-state index < -0.39 is 24.0 Å². The summed E-state index contributed by atoms with van der Waals surface area (Å²) in [6, 6.07) is 19.5. The molecule has 4 rings (SSSR count). The summed E-state index contributed by atoms with van der Waals surface area (Å²) in [4.78, 5) is 0. The first-order valence-electron chi connectivity index (χ1n) is 19.3. The van der Waals surface area contributed by atoms with E-state index in [1.165, 1.54) is 19.3 Å². The van der Waals surface area contributed by atoms with Gasteiger partial charge in [-0.15, -0.1) is 0 Å². The van der Waals surface area contributed by atoms with Crippen LogP contribution >= 0.6 is 7.37 Å². The van der Waals surface area contributed by atoms with E-state index in [0.29, 0.717) is 11.8 Å². The van der Waals surface area contributed by atoms with E-state index in [0.717, 1.165) is 35.4 Å². The van der Waals surface area contributed by atoms with Crippen molar-refractivity contribution >= 4 is 34.6 Å². The summed E-state index contributed by atoms with van der Waals surface area (Å²) in [5.74, 6) is 1.29. The van der Waals surface area contributed by atoms with Gasteiger partial charge in [-0.3, -0.25) is 4.57 Å². The van der Waals surface area contributed by atoms with Gasteiger partial charge in [0, 0.05) is 16.5 Å². The average Bonchev–Trinajstić information content (AvgIpc) is 3.51. The lowest BCUT2D eigenvalue weighted by molar-refractivity contribution is 0.138. The maximum atomic E-state index is 15.1. The highest BCUT2D eigenvalue weighted by Gasteiger charge is 2.55. The van der Waals surface area contributed by atoms with Gasteiger partial charge >= 0.3 is 0 Å². The van der Waals surface area contributed by atoms with Gasteiger partial charge in [0.1, 0.15) is 0 Å². The van der Waals surface area contributed by atoms with Gasteiger partial charge in [0.05, 0.1) is 18.3 Å². The maximum absolute atomic E-state index is 15.1. The summed E-state index contributed by atoms with van der Waals surface area (Å²) in [7, 11) is -7.48. The van der Waals surface area contributed by atoms with E-state index in [1.54, 1.807) is 0 Å². The average molecular weight is 737 g/mol. The number of unbranched alkanes of at least 4 members (excludes halogenated alkanes) is 1. The Morgan fingerprint density at radius 1 is 0.880 bits per heavy atom. The highest BCUT2D eigenvalue weighted by atomic mass is 31.2. The Hall–Kier alpha value is -1.54. The Kier molecular flexibility index (Phi) is 13.4. The fourth-order valence-corrected chi connectivity index (χ4v) is 12.3. The van der Waals surface area contributed by atoms with Crippen molar-refractivity contribution in [1.82, 2.24) is 0 Å². The lowest BCUT2D eigenvalue weighted by Crippen LogP contribution is -2.45. The van der Waals surface area contributed by atoms with E-state index in [4.69, 9.17) is 13.4 Å². The number of hydrogen-bond donors (Lipinski definition) is 0. The molecule has 2 aliphatic carbocycles. The predicted octanol–water partition coefficient (Wildman–Crippen LogP) is 12.1. The van der Waals surface area contributed by atoms with Gasteiger partial charge < -0.3 is 13.4 Å². The quantitative estimate of drug-likeness (QED) is 0.104. The molecule has 0 radical (unpaired) electrons. The van der Waals surface area contributed by atoms with Crippen molar-refractivity contribution in [1.29, 1.82) is 0 Å². The van der Waals surface area contributed by atoms with Crippen LogP contribution in [0, 0.1) is 23.7 Å². The van der Waals surface area contributed by atoms with Crippen molar-refractivity contribution in [2.75, 3.05) is 0 Å². The molecular formula is C43H69O4PSi2. The minimum atomic E-state index is -3.39. The van der Waals surface area contributed by atoms with Crippen molar-refractivity contribution in [2.45, 2.75) is 148 Å². The zero-order valence-electron chi connectivity index (χ0n) is 33.5. The predicted molar refractivity (Wildman–Crippen MR) is 220 cm³/mol. The summed E-state index contributed by atoms with van der Waals surface area (Å²) < 4.78 is 36.6. The Bertz CT molecular complexity index is 1430. The molecule has 0 saturated heterocycles. The van der Waals surface area contributed by atoms with Crippen molar-refractivity contribution in [3.63, 3.8) is 0 Å². The second kappa shape index (κ2) is 16.2. The van der Waals surface area contributed by atoms with Crippen LogP contribution in [0.15, 0.2) is 85.0 Å². The Balaban J connectivity index is 1.71. The SMILES string of the molecule is C=C1C[C@@H]2[C@H](/C=C/[C@H](C[C@H](C)CCCC)O[Si](C)(C)C(C)(C)C)[C@H](O[Si](C)(C)C(C)(C)C)C[C@@H]2C1OP(=O)(c1ccccc1)c1ccccc1. The van der Waals surface area contributed by atoms with E-state index >= 15 is 4.57 Å². The van der Waals surface area contributed by atoms with Crippen LogP contribution in [-0.2, 0) is 17.9 Å². The van der Waals surface area contributed by atoms with E-state index in [2.05, 4.69) is 100 Å². The maximum Gasteiger partial charge on any atom is 0.261 e. The second-order valence-electron chi connectivity index (χ2n) is 18.5. The van der Waals surface area contributed by atoms with Crippen LogP contribution in [0.5, 0.6) is 0 Å². The summed E-state index contributed by atoms with van der Waals surface area (Å²) in [5.41, 5.74) is 1.05. The van der Waals surface area contributed by atoms with Gasteiger partial charge in [-0.2, -0.15) is 0 Å². The molecule has 2 saturated carbocycles. The molecule has 0 aromatic heterocycles. The van der Waals surface area contributed by atoms with Crippen molar-refractivity contribution in [3.05, 3.63) is 85.0 Å². The highest BCUT2D eigenvalue weighted by molar-refractivity contribution is 7.74. The Labute approximate surface area is 308 Å². The third-order valence-corrected chi connectivity index (χ3v) is 23.9. The van der Waals surface area contributed by atoms with Gasteiger partial charge in [-0.05, 0) is 103 Å². The molecule has 2 aromatic carbocycles. The van der Waals surface area contributed by atoms with E-state index in [9.17, 15) is 0 Å². The van der Waals surface area contributed by atoms with Gasteiger partial charge in [0.2, 0.25) is 0 Å². The standard InChI is InChI=1S/C43H69O4PSi2/c1-14-15-22-32(2)29-34(46-49(10,11)42(4,5)6)27-28-37-38-30-33(3)41(39(38)31-40(37)47-50(12,13)43(7,8)9)45-48(44,35-23-18-16-19-24-35)36-25-20-17-21-26-36/h16-21,23-28,32,34,37-41H,3,14-15,22,29-31H2,1-2,4-13H3/b28-27+/t32-,34-,37+,38-,39+,40-,41?/m1/s1. The van der Waals surface area contributed by atoms with Gasteiger partial charge in [-0.25, -0.2) is 0 Å². The number of benzene rings is 2. The van der Waals surface area contributed by atoms with Crippen LogP contribution in [0.1, 0.15) is 93.9 Å². The molecule has 7 heteroatoms. The van der Waals surface area contributed by atoms with Crippen LogP contribution in [0.4, 0.5) is 0 Å². The lowest BCUT2D eigenvalue weighted by Gasteiger charge is -2.40. The van der Waals surface area contributed by atoms with Gasteiger partial charge in [0.25, 0.3) is 7.37 Å². The van der Waals surface area contributed by atoms with Crippen LogP contribution in [-0.4, -0.2) is 34.9 Å². The van der Waals surface area contributed by atoms with E-state index in [1.807, 2.05) is 60.7 Å². The molecule has 0 heterocycles. The summed E-state index contributed by atoms with van der Waals surface area (Å²) in [6.45, 7) is 32.7. The first-order chi connectivity index (χ1) is 23.2. The lowest BCUT2D eigenvalue weighted by atomic mass is 9.89. The number of rotatable bonds is 15. The molecule has 0 aliphatic heterocycles. The van der Waals surface area contributed by atoms with Crippen LogP contribution < -0.4 is 10.6 Å². The molecule has 4 nitrogen and oxygen atoms in total. The van der Waals surface area contributed by atoms with Gasteiger partial charge in [0.15, 0.2) is 16.6 Å². The normalized spacial score (nSPS) is 24.9. The molecule has 0 N–H and O–H groups in total. The van der Waals surface area contributed by atoms with Crippen molar-refractivity contribution < 1.29 is 17.9 Å². The third-order valence-electron chi connectivity index (χ3n) is 12.5. The van der Waals surface area contributed by atoms with Crippen molar-refractivity contribution in [2.24, 2.45) is 23.7 Å². The van der Waals surface area contributed by atoms with Crippen molar-refractivity contribution in [3.8, 4) is 0 Å². The Morgan fingerprint density at radius 2 is 1.42 bits per heavy atom. The van der Waals surface area contributed by atoms with Gasteiger partial charge in [-0.1, -0.05) is 130 Å². The molecule has 1 unspecified atom stereocenters. The molecule has 7 atom stereocenters. The molecular weight excluding hydrogens is 668 g/mol. The Morgan fingerprint density at radius 3 is 1.92 bits per heavy atom. The van der Waals surface area contributed by atoms with Crippen LogP contribution in [0.2, 0.25) is 36.3 Å². The molecule has 50 heavy (non-hydrogen) atoms. The number of hydrogen-bond acceptors (Lipinski definition) is 4. The topological polar surface area (TPSA) is 44.8 Å². The monoisotopic (exact) mass is 736 g/mol. The minimum Gasteiger partial charge on any atom is -0.413 e. The largest absolute Gasteiger partial charge is 0.413 e. The summed E-state index contributed by atoms with van der Waals surface area (Å²) in [5, 5.41) is 1.69. The summed E-state index contributed by atoms with van der Waals surface area (Å²) >= 11 is 0. The van der Waals surface area contributed by atoms with Crippen LogP contribution in [0.3, 0.4) is 0 Å².